The average Bonchev–Trinajstić information content (AvgIpc) is 1.74. The second-order valence-electron chi connectivity index (χ2n) is 25.4. The Morgan fingerprint density at radius 2 is 0.483 bits per heavy atom. The van der Waals surface area contributed by atoms with Crippen LogP contribution in [0.25, 0.3) is 134 Å². The molecule has 3 fully saturated rings. The smallest absolute Gasteiger partial charge is 0.159 e. The van der Waals surface area contributed by atoms with E-state index in [4.69, 9.17) is 44.9 Å². The molecule has 6 atom stereocenters. The minimum Gasteiger partial charge on any atom is -0.244 e. The number of aromatic nitrogens is 9. The molecule has 6 aliphatic rings. The van der Waals surface area contributed by atoms with Crippen LogP contribution in [-0.2, 0) is 0 Å². The molecule has 0 aliphatic heterocycles. The lowest BCUT2D eigenvalue weighted by molar-refractivity contribution is 0.718. The summed E-state index contributed by atoms with van der Waals surface area (Å²) in [6, 6.07) is 64.8. The summed E-state index contributed by atoms with van der Waals surface area (Å²) in [5, 5.41) is 0. The second kappa shape index (κ2) is 19.3. The molecule has 6 aliphatic carbocycles. The van der Waals surface area contributed by atoms with Gasteiger partial charge in [-0.25, -0.2) is 44.9 Å². The highest BCUT2D eigenvalue weighted by Crippen LogP contribution is 2.61. The molecule has 0 N–H and O–H groups in total. The first-order valence-corrected chi connectivity index (χ1v) is 31.3. The van der Waals surface area contributed by atoms with E-state index in [1.807, 2.05) is 18.6 Å². The van der Waals surface area contributed by atoms with E-state index in [1.54, 1.807) is 0 Å². The van der Waals surface area contributed by atoms with Crippen LogP contribution in [0.3, 0.4) is 0 Å². The van der Waals surface area contributed by atoms with Gasteiger partial charge in [0.1, 0.15) is 16.6 Å². The topological polar surface area (TPSA) is 116 Å². The van der Waals surface area contributed by atoms with Gasteiger partial charge in [-0.05, 0) is 196 Å². The summed E-state index contributed by atoms with van der Waals surface area (Å²) in [6.07, 6.45) is 16.2. The Kier molecular flexibility index (Phi) is 10.9. The van der Waals surface area contributed by atoms with Gasteiger partial charge in [0, 0.05) is 33.4 Å². The van der Waals surface area contributed by atoms with Crippen molar-refractivity contribution in [1.29, 1.82) is 0 Å². The molecule has 3 saturated carbocycles. The number of hydrogen-bond acceptors (Lipinski definition) is 9. The number of pyridine rings is 3. The normalized spacial score (nSPS) is 20.0. The SMILES string of the molecule is c1ccc(-c2cccc(-c3ncc4nc(-c5cc(-c6nc7cnc(-c8cccc(-c9ccccc9)c8)nc7c7c6C6CCC7C6)cc(-c6nc7cnc(-c8cccc(-c9ccccc9)c8)nc7c7c6C6CCC7C6)c5)c5c(c4n3)C3CCC5C3)c2)cc1. The molecule has 0 radical (unpaired) electrons. The third-order valence-electron chi connectivity index (χ3n) is 20.6. The molecule has 13 aromatic rings. The van der Waals surface area contributed by atoms with E-state index in [-0.39, 0.29) is 0 Å². The Bertz CT molecular complexity index is 4510. The van der Waals surface area contributed by atoms with Crippen molar-refractivity contribution in [2.24, 2.45) is 0 Å². The summed E-state index contributed by atoms with van der Waals surface area (Å²) in [5.74, 6) is 4.59. The van der Waals surface area contributed by atoms with Crippen LogP contribution in [0.1, 0.15) is 127 Å². The maximum atomic E-state index is 5.75. The van der Waals surface area contributed by atoms with Gasteiger partial charge in [0.05, 0.1) is 52.2 Å². The van der Waals surface area contributed by atoms with Crippen LogP contribution in [0.5, 0.6) is 0 Å². The van der Waals surface area contributed by atoms with Gasteiger partial charge in [-0.2, -0.15) is 0 Å². The van der Waals surface area contributed by atoms with Gasteiger partial charge in [-0.1, -0.05) is 146 Å². The van der Waals surface area contributed by atoms with Crippen molar-refractivity contribution in [2.45, 2.75) is 93.3 Å². The van der Waals surface area contributed by atoms with Gasteiger partial charge in [0.15, 0.2) is 17.5 Å². The lowest BCUT2D eigenvalue weighted by atomic mass is 9.83. The van der Waals surface area contributed by atoms with E-state index in [0.717, 1.165) is 176 Å². The molecule has 19 rings (SSSR count). The van der Waals surface area contributed by atoms with Gasteiger partial charge in [-0.3, -0.25) is 0 Å². The van der Waals surface area contributed by atoms with E-state index in [1.165, 1.54) is 50.1 Å². The molecule has 9 nitrogen and oxygen atoms in total. The fraction of sp³-hybridized carbons (Fsp3) is 0.192. The zero-order valence-corrected chi connectivity index (χ0v) is 47.9. The second-order valence-corrected chi connectivity index (χ2v) is 25.4. The third kappa shape index (κ3) is 7.87. The van der Waals surface area contributed by atoms with Crippen LogP contribution in [0, 0.1) is 0 Å². The minimum atomic E-state index is 0.390. The van der Waals surface area contributed by atoms with Crippen molar-refractivity contribution in [1.82, 2.24) is 44.9 Å². The van der Waals surface area contributed by atoms with Crippen LogP contribution < -0.4 is 0 Å². The van der Waals surface area contributed by atoms with Crippen LogP contribution in [-0.4, -0.2) is 44.9 Å². The third-order valence-corrected chi connectivity index (χ3v) is 20.6. The summed E-state index contributed by atoms with van der Waals surface area (Å²) in [4.78, 5) is 49.0. The molecule has 6 aromatic heterocycles. The molecule has 7 aromatic carbocycles. The fourth-order valence-corrected chi connectivity index (χ4v) is 16.8. The van der Waals surface area contributed by atoms with E-state index in [9.17, 15) is 0 Å². The Balaban J connectivity index is 0.810. The van der Waals surface area contributed by atoms with E-state index < -0.39 is 0 Å². The van der Waals surface area contributed by atoms with Crippen molar-refractivity contribution in [3.63, 3.8) is 0 Å². The first-order chi connectivity index (χ1) is 43.0. The van der Waals surface area contributed by atoms with E-state index in [0.29, 0.717) is 35.5 Å². The van der Waals surface area contributed by atoms with Crippen molar-refractivity contribution in [3.8, 4) is 101 Å². The van der Waals surface area contributed by atoms with Gasteiger partial charge in [0.25, 0.3) is 0 Å². The summed E-state index contributed by atoms with van der Waals surface area (Å²) in [6.45, 7) is 0. The Labute approximate surface area is 503 Å². The zero-order chi connectivity index (χ0) is 56.8. The standard InChI is InChI=1S/C78H57N9/c1-4-13-43(14-5-1)46-19-10-22-55(31-46)76-79-40-61-73(85-76)67-52-28-25-49(34-52)64(67)70(82-61)58-37-59(71-65-50-26-29-53(35-50)68(65)74-62(83-71)41-80-77(86-74)56-23-11-20-47(32-56)44-15-6-2-7-16-44)39-60(38-58)72-66-51-27-30-54(36-51)69(66)75-63(84-72)42-81-78(87-75)57-24-12-21-48(33-57)45-17-8-3-9-18-45/h1-24,31-33,37-42,49-54H,25-30,34-36H2. The molecular formula is C78H57N9. The molecule has 9 heteroatoms. The van der Waals surface area contributed by atoms with Crippen molar-refractivity contribution in [2.75, 3.05) is 0 Å². The number of benzene rings is 7. The van der Waals surface area contributed by atoms with Crippen molar-refractivity contribution < 1.29 is 0 Å². The first-order valence-electron chi connectivity index (χ1n) is 31.3. The Morgan fingerprint density at radius 3 is 0.782 bits per heavy atom. The molecule has 0 saturated heterocycles. The molecule has 6 unspecified atom stereocenters. The maximum Gasteiger partial charge on any atom is 0.159 e. The number of fused-ring (bicyclic) bond motifs is 21. The van der Waals surface area contributed by atoms with Crippen LogP contribution in [0.15, 0.2) is 201 Å². The predicted octanol–water partition coefficient (Wildman–Crippen LogP) is 18.8. The number of hydrogen-bond donors (Lipinski definition) is 0. The van der Waals surface area contributed by atoms with Crippen molar-refractivity contribution in [3.05, 3.63) is 234 Å². The summed E-state index contributed by atoms with van der Waals surface area (Å²) < 4.78 is 0. The summed E-state index contributed by atoms with van der Waals surface area (Å²) in [7, 11) is 0. The highest BCUT2D eigenvalue weighted by molar-refractivity contribution is 5.94. The number of rotatable bonds is 9. The molecule has 6 bridgehead atoms. The lowest BCUT2D eigenvalue weighted by Crippen LogP contribution is -2.09. The van der Waals surface area contributed by atoms with Crippen LogP contribution in [0.4, 0.5) is 0 Å². The first kappa shape index (κ1) is 49.3. The van der Waals surface area contributed by atoms with Gasteiger partial charge >= 0.3 is 0 Å². The minimum absolute atomic E-state index is 0.390. The van der Waals surface area contributed by atoms with E-state index >= 15 is 0 Å². The monoisotopic (exact) mass is 1120 g/mol. The van der Waals surface area contributed by atoms with Crippen LogP contribution >= 0.6 is 0 Å². The molecule has 6 heterocycles. The summed E-state index contributed by atoms with van der Waals surface area (Å²) in [5.41, 5.74) is 29.9. The highest BCUT2D eigenvalue weighted by atomic mass is 14.9. The van der Waals surface area contributed by atoms with Gasteiger partial charge < -0.3 is 0 Å². The Morgan fingerprint density at radius 1 is 0.230 bits per heavy atom. The quantitative estimate of drug-likeness (QED) is 0.139. The number of nitrogens with zero attached hydrogens (tertiary/aromatic N) is 9. The van der Waals surface area contributed by atoms with Crippen LogP contribution in [0.2, 0.25) is 0 Å². The highest BCUT2D eigenvalue weighted by Gasteiger charge is 2.45. The largest absolute Gasteiger partial charge is 0.244 e. The lowest BCUT2D eigenvalue weighted by Gasteiger charge is -2.24. The summed E-state index contributed by atoms with van der Waals surface area (Å²) >= 11 is 0. The molecule has 0 spiro atoms. The molecular weight excluding hydrogens is 1060 g/mol. The van der Waals surface area contributed by atoms with E-state index in [2.05, 4.69) is 182 Å². The fourth-order valence-electron chi connectivity index (χ4n) is 16.8. The van der Waals surface area contributed by atoms with Gasteiger partial charge in [0.2, 0.25) is 0 Å². The van der Waals surface area contributed by atoms with Gasteiger partial charge in [-0.15, -0.1) is 0 Å². The molecule has 414 valence electrons. The predicted molar refractivity (Wildman–Crippen MR) is 346 cm³/mol. The molecule has 87 heavy (non-hydrogen) atoms. The molecule has 0 amide bonds. The Hall–Kier alpha value is -9.99. The zero-order valence-electron chi connectivity index (χ0n) is 47.9. The maximum absolute atomic E-state index is 5.75. The average molecular weight is 1120 g/mol. The van der Waals surface area contributed by atoms with Crippen molar-refractivity contribution >= 4 is 33.1 Å².